The number of hydrogen-bond acceptors (Lipinski definition) is 3. The summed E-state index contributed by atoms with van der Waals surface area (Å²) >= 11 is 6.03. The van der Waals surface area contributed by atoms with Gasteiger partial charge in [0.25, 0.3) is 0 Å². The molecular formula is C15H20ClFN2O. The van der Waals surface area contributed by atoms with E-state index in [1.165, 1.54) is 18.9 Å². The summed E-state index contributed by atoms with van der Waals surface area (Å²) in [7, 11) is 2.01. The highest BCUT2D eigenvalue weighted by atomic mass is 35.5. The van der Waals surface area contributed by atoms with Gasteiger partial charge in [-0.25, -0.2) is 4.39 Å². The molecule has 1 heterocycles. The fourth-order valence-corrected chi connectivity index (χ4v) is 2.96. The first-order valence-corrected chi connectivity index (χ1v) is 7.53. The van der Waals surface area contributed by atoms with Crippen LogP contribution in [0.1, 0.15) is 24.4 Å². The molecule has 1 saturated carbocycles. The lowest BCUT2D eigenvalue weighted by molar-refractivity contribution is -0.0625. The Balaban J connectivity index is 1.82. The zero-order valence-corrected chi connectivity index (χ0v) is 12.4. The van der Waals surface area contributed by atoms with E-state index in [-0.39, 0.29) is 18.0 Å². The van der Waals surface area contributed by atoms with E-state index in [1.807, 2.05) is 7.05 Å². The molecular weight excluding hydrogens is 279 g/mol. The predicted octanol–water partition coefficient (Wildman–Crippen LogP) is 2.60. The van der Waals surface area contributed by atoms with Gasteiger partial charge in [-0.2, -0.15) is 0 Å². The van der Waals surface area contributed by atoms with Crippen LogP contribution in [0.2, 0.25) is 5.02 Å². The molecule has 2 atom stereocenters. The number of morpholine rings is 1. The molecule has 2 fully saturated rings. The van der Waals surface area contributed by atoms with Gasteiger partial charge < -0.3 is 10.1 Å². The minimum atomic E-state index is -0.215. The Bertz CT molecular complexity index is 481. The number of nitrogens with zero attached hydrogens (tertiary/aromatic N) is 1. The average molecular weight is 299 g/mol. The van der Waals surface area contributed by atoms with Crippen molar-refractivity contribution in [3.63, 3.8) is 0 Å². The third-order valence-corrected chi connectivity index (χ3v) is 4.30. The van der Waals surface area contributed by atoms with E-state index >= 15 is 0 Å². The van der Waals surface area contributed by atoms with E-state index in [1.54, 1.807) is 12.1 Å². The topological polar surface area (TPSA) is 24.5 Å². The van der Waals surface area contributed by atoms with E-state index in [4.69, 9.17) is 16.3 Å². The second kappa shape index (κ2) is 5.98. The molecule has 2 aliphatic rings. The van der Waals surface area contributed by atoms with Crippen molar-refractivity contribution < 1.29 is 9.13 Å². The first-order chi connectivity index (χ1) is 9.65. The summed E-state index contributed by atoms with van der Waals surface area (Å²) in [5.41, 5.74) is 0.627. The predicted molar refractivity (Wildman–Crippen MR) is 77.5 cm³/mol. The molecule has 0 amide bonds. The van der Waals surface area contributed by atoms with Gasteiger partial charge in [0.1, 0.15) is 5.82 Å². The lowest BCUT2D eigenvalue weighted by Gasteiger charge is -2.39. The monoisotopic (exact) mass is 298 g/mol. The van der Waals surface area contributed by atoms with Gasteiger partial charge in [-0.1, -0.05) is 11.6 Å². The van der Waals surface area contributed by atoms with Crippen molar-refractivity contribution in [3.8, 4) is 0 Å². The number of rotatable bonds is 4. The van der Waals surface area contributed by atoms with Gasteiger partial charge in [-0.15, -0.1) is 0 Å². The van der Waals surface area contributed by atoms with Gasteiger partial charge in [-0.05, 0) is 38.1 Å². The second-order valence-corrected chi connectivity index (χ2v) is 6.12. The van der Waals surface area contributed by atoms with Crippen LogP contribution in [0.25, 0.3) is 0 Å². The molecule has 0 bridgehead atoms. The summed E-state index contributed by atoms with van der Waals surface area (Å²) in [6.07, 6.45) is 2.43. The third kappa shape index (κ3) is 3.14. The molecule has 0 aromatic heterocycles. The number of likely N-dealkylation sites (N-methyl/N-ethyl adjacent to an activating group) is 1. The SMILES string of the molecule is CN1CCOC(CNC2CC2)C1c1cc(Cl)ccc1F. The van der Waals surface area contributed by atoms with Crippen LogP contribution in [0.15, 0.2) is 18.2 Å². The minimum Gasteiger partial charge on any atom is -0.374 e. The van der Waals surface area contributed by atoms with Crippen molar-refractivity contribution in [1.82, 2.24) is 10.2 Å². The van der Waals surface area contributed by atoms with Crippen LogP contribution in [0.3, 0.4) is 0 Å². The molecule has 5 heteroatoms. The van der Waals surface area contributed by atoms with Crippen LogP contribution >= 0.6 is 11.6 Å². The number of benzene rings is 1. The molecule has 3 rings (SSSR count). The molecule has 0 radical (unpaired) electrons. The van der Waals surface area contributed by atoms with Crippen molar-refractivity contribution >= 4 is 11.6 Å². The normalized spacial score (nSPS) is 27.8. The summed E-state index contributed by atoms with van der Waals surface area (Å²) in [5, 5.41) is 4.04. The van der Waals surface area contributed by atoms with Crippen LogP contribution in [0, 0.1) is 5.82 Å². The fourth-order valence-electron chi connectivity index (χ4n) is 2.78. The third-order valence-electron chi connectivity index (χ3n) is 4.06. The maximum absolute atomic E-state index is 14.2. The average Bonchev–Trinajstić information content (AvgIpc) is 3.24. The highest BCUT2D eigenvalue weighted by Crippen LogP contribution is 2.32. The quantitative estimate of drug-likeness (QED) is 0.925. The maximum atomic E-state index is 14.2. The number of ether oxygens (including phenoxy) is 1. The Morgan fingerprint density at radius 2 is 2.25 bits per heavy atom. The van der Waals surface area contributed by atoms with E-state index < -0.39 is 0 Å². The molecule has 1 aromatic carbocycles. The Kier molecular flexibility index (Phi) is 4.26. The first kappa shape index (κ1) is 14.3. The number of nitrogens with one attached hydrogen (secondary N) is 1. The van der Waals surface area contributed by atoms with Gasteiger partial charge in [0.05, 0.1) is 18.8 Å². The van der Waals surface area contributed by atoms with E-state index in [9.17, 15) is 4.39 Å². The summed E-state index contributed by atoms with van der Waals surface area (Å²) in [4.78, 5) is 2.15. The van der Waals surface area contributed by atoms with Crippen molar-refractivity contribution in [2.45, 2.75) is 31.0 Å². The molecule has 1 aliphatic carbocycles. The summed E-state index contributed by atoms with van der Waals surface area (Å²) in [6, 6.07) is 5.27. The Hall–Kier alpha value is -0.680. The van der Waals surface area contributed by atoms with Crippen LogP contribution in [-0.2, 0) is 4.74 Å². The van der Waals surface area contributed by atoms with Gasteiger partial charge >= 0.3 is 0 Å². The highest BCUT2D eigenvalue weighted by molar-refractivity contribution is 6.30. The Morgan fingerprint density at radius 3 is 3.00 bits per heavy atom. The van der Waals surface area contributed by atoms with Crippen LogP contribution in [0.4, 0.5) is 4.39 Å². The largest absolute Gasteiger partial charge is 0.374 e. The van der Waals surface area contributed by atoms with Crippen molar-refractivity contribution in [2.75, 3.05) is 26.7 Å². The molecule has 20 heavy (non-hydrogen) atoms. The molecule has 110 valence electrons. The number of hydrogen-bond donors (Lipinski definition) is 1. The minimum absolute atomic E-state index is 0.0395. The fraction of sp³-hybridized carbons (Fsp3) is 0.600. The van der Waals surface area contributed by atoms with Crippen molar-refractivity contribution in [2.24, 2.45) is 0 Å². The molecule has 2 unspecified atom stereocenters. The van der Waals surface area contributed by atoms with Crippen LogP contribution < -0.4 is 5.32 Å². The van der Waals surface area contributed by atoms with Crippen LogP contribution in [0.5, 0.6) is 0 Å². The molecule has 1 saturated heterocycles. The second-order valence-electron chi connectivity index (χ2n) is 5.68. The molecule has 3 nitrogen and oxygen atoms in total. The zero-order chi connectivity index (χ0) is 14.1. The Labute approximate surface area is 124 Å². The van der Waals surface area contributed by atoms with Gasteiger partial charge in [-0.3, -0.25) is 4.90 Å². The van der Waals surface area contributed by atoms with Crippen molar-refractivity contribution in [1.29, 1.82) is 0 Å². The van der Waals surface area contributed by atoms with E-state index in [0.717, 1.165) is 13.1 Å². The lowest BCUT2D eigenvalue weighted by atomic mass is 9.97. The van der Waals surface area contributed by atoms with E-state index in [2.05, 4.69) is 10.2 Å². The van der Waals surface area contributed by atoms with Gasteiger partial charge in [0.2, 0.25) is 0 Å². The van der Waals surface area contributed by atoms with Gasteiger partial charge in [0.15, 0.2) is 0 Å². The maximum Gasteiger partial charge on any atom is 0.128 e. The molecule has 1 aromatic rings. The summed E-state index contributed by atoms with van der Waals surface area (Å²) in [6.45, 7) is 2.24. The standard InChI is InChI=1S/C15H20ClFN2O/c1-19-6-7-20-14(9-18-11-3-4-11)15(19)12-8-10(16)2-5-13(12)17/h2,5,8,11,14-15,18H,3-4,6-7,9H2,1H3. The highest BCUT2D eigenvalue weighted by Gasteiger charge is 2.34. The summed E-state index contributed by atoms with van der Waals surface area (Å²) in [5.74, 6) is -0.215. The zero-order valence-electron chi connectivity index (χ0n) is 11.6. The number of halogens is 2. The molecule has 0 spiro atoms. The Morgan fingerprint density at radius 1 is 1.45 bits per heavy atom. The van der Waals surface area contributed by atoms with Crippen molar-refractivity contribution in [3.05, 3.63) is 34.6 Å². The smallest absolute Gasteiger partial charge is 0.128 e. The summed E-state index contributed by atoms with van der Waals surface area (Å²) < 4.78 is 20.0. The lowest BCUT2D eigenvalue weighted by Crippen LogP contribution is -2.48. The molecule has 1 aliphatic heterocycles. The van der Waals surface area contributed by atoms with E-state index in [0.29, 0.717) is 23.2 Å². The van der Waals surface area contributed by atoms with Crippen LogP contribution in [-0.4, -0.2) is 43.8 Å². The first-order valence-electron chi connectivity index (χ1n) is 7.15. The van der Waals surface area contributed by atoms with Gasteiger partial charge in [0, 0.05) is 29.7 Å². The molecule has 1 N–H and O–H groups in total.